The number of hydrogen-bond acceptors (Lipinski definition) is 2. The Morgan fingerprint density at radius 3 is 1.60 bits per heavy atom. The Hall–Kier alpha value is 0.571. The van der Waals surface area contributed by atoms with Gasteiger partial charge in [0.05, 0.1) is 0 Å². The Labute approximate surface area is 41.4 Å². The van der Waals surface area contributed by atoms with E-state index in [0.717, 1.165) is 0 Å². The van der Waals surface area contributed by atoms with Gasteiger partial charge in [0.1, 0.15) is 0 Å². The summed E-state index contributed by atoms with van der Waals surface area (Å²) in [5.74, 6) is 0. The van der Waals surface area contributed by atoms with Crippen molar-refractivity contribution in [2.24, 2.45) is 0 Å². The largest absolute Gasteiger partial charge is 0.299 e. The molecule has 0 aliphatic heterocycles. The highest BCUT2D eigenvalue weighted by atomic mass is 28.2. The molecule has 23 valence electrons. The molecule has 0 spiro atoms. The third kappa shape index (κ3) is 4.57. The number of rotatable bonds is 1. The van der Waals surface area contributed by atoms with Gasteiger partial charge in [0, 0.05) is 0 Å². The molecule has 0 aromatic rings. The average Bonchev–Trinajstić information content (AvgIpc) is 1.38. The molecule has 0 aliphatic rings. The lowest BCUT2D eigenvalue weighted by molar-refractivity contribution is 0.676. The maximum Gasteiger partial charge on any atom is 0.160 e. The van der Waals surface area contributed by atoms with Crippen LogP contribution in [0.5, 0.6) is 0 Å². The van der Waals surface area contributed by atoms with Crippen LogP contribution in [0.1, 0.15) is 0 Å². The highest BCUT2D eigenvalue weighted by Crippen LogP contribution is 1.42. The fraction of sp³-hybridized carbons (Fsp3) is 0. The van der Waals surface area contributed by atoms with Gasteiger partial charge in [0.2, 0.25) is 0 Å². The van der Waals surface area contributed by atoms with Crippen LogP contribution in [-0.2, 0) is 0 Å². The topological polar surface area (TPSA) is 15.3 Å². The molecule has 0 aromatic heterocycles. The summed E-state index contributed by atoms with van der Waals surface area (Å²) in [7, 11) is 8.94. The van der Waals surface area contributed by atoms with Gasteiger partial charge in [0.15, 0.2) is 31.2 Å². The lowest BCUT2D eigenvalue weighted by Gasteiger charge is -2.01. The summed E-state index contributed by atoms with van der Waals surface area (Å²) >= 11 is 0. The standard InChI is InChI=1S/HN2Si3/c3-1-2(4)5/h1H. The van der Waals surface area contributed by atoms with Crippen LogP contribution in [0, 0.1) is 0 Å². The van der Waals surface area contributed by atoms with E-state index in [1.54, 1.807) is 0 Å². The van der Waals surface area contributed by atoms with Crippen LogP contribution in [-0.4, -0.2) is 35.6 Å². The van der Waals surface area contributed by atoms with Crippen LogP contribution in [0.25, 0.3) is 0 Å². The van der Waals surface area contributed by atoms with Crippen LogP contribution in [0.15, 0.2) is 0 Å². The quantitative estimate of drug-likeness (QED) is 0.314. The molecule has 0 fully saturated rings. The predicted molar refractivity (Wildman–Crippen MR) is 22.2 cm³/mol. The molecular weight excluding hydrogens is 112 g/mol. The zero-order valence-corrected chi connectivity index (χ0v) is 5.45. The van der Waals surface area contributed by atoms with Crippen molar-refractivity contribution >= 4 is 31.2 Å². The molecule has 0 aromatic carbocycles. The molecule has 0 aliphatic carbocycles. The molecule has 0 unspecified atom stereocenters. The first-order valence-corrected chi connectivity index (χ1v) is 2.32. The smallest absolute Gasteiger partial charge is 0.160 e. The SMILES string of the molecule is [Si]NN([Si])[Si]. The van der Waals surface area contributed by atoms with Gasteiger partial charge in [-0.3, -0.25) is 9.43 Å². The van der Waals surface area contributed by atoms with Crippen LogP contribution in [0.4, 0.5) is 0 Å². The van der Waals surface area contributed by atoms with Crippen molar-refractivity contribution in [3.63, 3.8) is 0 Å². The average molecular weight is 113 g/mol. The van der Waals surface area contributed by atoms with Gasteiger partial charge in [0.25, 0.3) is 0 Å². The first kappa shape index (κ1) is 5.57. The minimum absolute atomic E-state index is 1.40. The minimum Gasteiger partial charge on any atom is -0.299 e. The Kier molecular flexibility index (Phi) is 3.11. The summed E-state index contributed by atoms with van der Waals surface area (Å²) in [6, 6.07) is 0. The van der Waals surface area contributed by atoms with Crippen LogP contribution < -0.4 is 5.09 Å². The Bertz CT molecular complexity index is 18.9. The molecule has 5 heteroatoms. The molecule has 0 saturated heterocycles. The van der Waals surface area contributed by atoms with Crippen molar-refractivity contribution in [3.8, 4) is 0 Å². The van der Waals surface area contributed by atoms with Gasteiger partial charge in [-0.1, -0.05) is 0 Å². The first-order valence-electron chi connectivity index (χ1n) is 0.921. The van der Waals surface area contributed by atoms with E-state index in [1.807, 2.05) is 0 Å². The Morgan fingerprint density at radius 2 is 1.60 bits per heavy atom. The Balaban J connectivity index is 2.54. The zero-order chi connectivity index (χ0) is 4.28. The van der Waals surface area contributed by atoms with Crippen molar-refractivity contribution in [2.75, 3.05) is 0 Å². The van der Waals surface area contributed by atoms with E-state index < -0.39 is 0 Å². The third-order valence-electron chi connectivity index (χ3n) is 0.112. The molecule has 0 bridgehead atoms. The summed E-state index contributed by atoms with van der Waals surface area (Å²) < 4.78 is 1.40. The molecule has 0 rings (SSSR count). The highest BCUT2D eigenvalue weighted by molar-refractivity contribution is 6.26. The molecular formula is HN2Si3. The summed E-state index contributed by atoms with van der Waals surface area (Å²) in [5, 5.41) is 2.49. The van der Waals surface area contributed by atoms with Crippen molar-refractivity contribution in [1.82, 2.24) is 9.43 Å². The normalized spacial score (nSPS) is 9.60. The number of nitrogens with zero attached hydrogens (tertiary/aromatic N) is 1. The van der Waals surface area contributed by atoms with E-state index in [4.69, 9.17) is 0 Å². The van der Waals surface area contributed by atoms with E-state index in [9.17, 15) is 0 Å². The van der Waals surface area contributed by atoms with Gasteiger partial charge < -0.3 is 0 Å². The zero-order valence-electron chi connectivity index (χ0n) is 2.45. The molecule has 9 radical (unpaired) electrons. The van der Waals surface area contributed by atoms with Crippen molar-refractivity contribution in [3.05, 3.63) is 0 Å². The van der Waals surface area contributed by atoms with Gasteiger partial charge in [-0.15, -0.1) is 0 Å². The molecule has 0 saturated carbocycles. The van der Waals surface area contributed by atoms with E-state index in [-0.39, 0.29) is 0 Å². The van der Waals surface area contributed by atoms with Crippen LogP contribution >= 0.6 is 0 Å². The van der Waals surface area contributed by atoms with Crippen molar-refractivity contribution in [1.29, 1.82) is 0 Å². The van der Waals surface area contributed by atoms with Crippen molar-refractivity contribution < 1.29 is 0 Å². The lowest BCUT2D eigenvalue weighted by atomic mass is 12.9. The molecule has 2 nitrogen and oxygen atoms in total. The predicted octanol–water partition coefficient (Wildman–Crippen LogP) is -1.96. The highest BCUT2D eigenvalue weighted by Gasteiger charge is 1.72. The molecule has 0 atom stereocenters. The maximum absolute atomic E-state index is 3.00. The minimum atomic E-state index is 1.40. The molecule has 0 heterocycles. The number of nitrogens with one attached hydrogen (secondary N) is 1. The lowest BCUT2D eigenvalue weighted by Crippen LogP contribution is -2.30. The molecule has 1 N–H and O–H groups in total. The molecule has 0 amide bonds. The van der Waals surface area contributed by atoms with E-state index in [1.165, 1.54) is 4.34 Å². The van der Waals surface area contributed by atoms with Crippen LogP contribution in [0.3, 0.4) is 0 Å². The number of hydrazine groups is 1. The van der Waals surface area contributed by atoms with Gasteiger partial charge in [-0.05, 0) is 0 Å². The second-order valence-corrected chi connectivity index (χ2v) is 2.01. The van der Waals surface area contributed by atoms with E-state index >= 15 is 0 Å². The number of hydrogen-bond donors (Lipinski definition) is 1. The first-order chi connectivity index (χ1) is 2.27. The van der Waals surface area contributed by atoms with Gasteiger partial charge in [-0.25, -0.2) is 0 Å². The van der Waals surface area contributed by atoms with Crippen LogP contribution in [0.2, 0.25) is 0 Å². The second kappa shape index (κ2) is 2.79. The Morgan fingerprint density at radius 1 is 1.40 bits per heavy atom. The second-order valence-electron chi connectivity index (χ2n) is 0.447. The van der Waals surface area contributed by atoms with Crippen molar-refractivity contribution in [2.45, 2.75) is 0 Å². The van der Waals surface area contributed by atoms with Gasteiger partial charge >= 0.3 is 0 Å². The van der Waals surface area contributed by atoms with E-state index in [0.29, 0.717) is 0 Å². The summed E-state index contributed by atoms with van der Waals surface area (Å²) in [4.78, 5) is 0. The fourth-order valence-corrected chi connectivity index (χ4v) is 0. The fourth-order valence-electron chi connectivity index (χ4n) is 0. The van der Waals surface area contributed by atoms with Gasteiger partial charge in [-0.2, -0.15) is 0 Å². The summed E-state index contributed by atoms with van der Waals surface area (Å²) in [6.45, 7) is 0. The summed E-state index contributed by atoms with van der Waals surface area (Å²) in [6.07, 6.45) is 0. The monoisotopic (exact) mass is 113 g/mol. The third-order valence-corrected chi connectivity index (χ3v) is 1.01. The molecule has 5 heavy (non-hydrogen) atoms. The summed E-state index contributed by atoms with van der Waals surface area (Å²) in [5.41, 5.74) is 0. The maximum atomic E-state index is 3.00. The van der Waals surface area contributed by atoms with E-state index in [2.05, 4.69) is 36.3 Å².